The second-order valence-corrected chi connectivity index (χ2v) is 6.21. The molecule has 6 heteroatoms. The Kier molecular flexibility index (Phi) is 4.14. The van der Waals surface area contributed by atoms with Crippen LogP contribution in [0.5, 0.6) is 5.88 Å². The lowest BCUT2D eigenvalue weighted by molar-refractivity contribution is 0.234. The van der Waals surface area contributed by atoms with Crippen molar-refractivity contribution in [3.8, 4) is 5.88 Å². The molecule has 0 aromatic carbocycles. The van der Waals surface area contributed by atoms with Crippen LogP contribution in [0.2, 0.25) is 0 Å². The number of nitrogens with zero attached hydrogens (tertiary/aromatic N) is 4. The van der Waals surface area contributed by atoms with Crippen molar-refractivity contribution in [2.24, 2.45) is 0 Å². The quantitative estimate of drug-likeness (QED) is 0.911. The summed E-state index contributed by atoms with van der Waals surface area (Å²) < 4.78 is 5.68. The van der Waals surface area contributed by atoms with E-state index in [0.717, 1.165) is 25.3 Å². The molecule has 2 saturated heterocycles. The summed E-state index contributed by atoms with van der Waals surface area (Å²) in [6, 6.07) is 0.635. The summed E-state index contributed by atoms with van der Waals surface area (Å²) in [5, 5.41) is 0. The molecule has 1 aromatic heterocycles. The molecule has 2 aliphatic heterocycles. The van der Waals surface area contributed by atoms with Gasteiger partial charge in [-0.1, -0.05) is 0 Å². The molecule has 1 atom stereocenters. The zero-order valence-electron chi connectivity index (χ0n) is 13.0. The number of fused-ring (bicyclic) bond motifs is 1. The average Bonchev–Trinajstić information content (AvgIpc) is 2.78. The Labute approximate surface area is 126 Å². The molecular weight excluding hydrogens is 266 g/mol. The Bertz CT molecular complexity index is 493. The first-order valence-corrected chi connectivity index (χ1v) is 7.91. The van der Waals surface area contributed by atoms with Crippen molar-refractivity contribution in [2.75, 3.05) is 36.8 Å². The van der Waals surface area contributed by atoms with E-state index in [-0.39, 0.29) is 6.10 Å². The first-order valence-electron chi connectivity index (χ1n) is 7.91. The largest absolute Gasteiger partial charge is 0.473 e. The molecule has 0 amide bonds. The van der Waals surface area contributed by atoms with Crippen molar-refractivity contribution in [1.29, 1.82) is 0 Å². The lowest BCUT2D eigenvalue weighted by Crippen LogP contribution is -2.37. The van der Waals surface area contributed by atoms with E-state index in [2.05, 4.69) is 19.8 Å². The first-order chi connectivity index (χ1) is 10.1. The summed E-state index contributed by atoms with van der Waals surface area (Å²) in [6.45, 7) is 8.37. The van der Waals surface area contributed by atoms with E-state index >= 15 is 0 Å². The Hall–Kier alpha value is -1.56. The summed E-state index contributed by atoms with van der Waals surface area (Å²) in [5.41, 5.74) is 6.81. The summed E-state index contributed by atoms with van der Waals surface area (Å²) in [6.07, 6.45) is 5.35. The molecule has 1 aromatic rings. The molecule has 1 unspecified atom stereocenters. The summed E-state index contributed by atoms with van der Waals surface area (Å²) in [4.78, 5) is 13.5. The predicted molar refractivity (Wildman–Crippen MR) is 83.6 cm³/mol. The zero-order chi connectivity index (χ0) is 14.8. The SMILES string of the molecule is CC(C)Oc1ncnc(N2CCCN3CCCC3C2)c1N. The lowest BCUT2D eigenvalue weighted by Gasteiger charge is -2.27. The van der Waals surface area contributed by atoms with Gasteiger partial charge in [-0.05, 0) is 39.7 Å². The van der Waals surface area contributed by atoms with Gasteiger partial charge in [-0.3, -0.25) is 4.90 Å². The van der Waals surface area contributed by atoms with Gasteiger partial charge in [-0.25, -0.2) is 4.98 Å². The normalized spacial score (nSPS) is 23.2. The molecule has 0 bridgehead atoms. The van der Waals surface area contributed by atoms with E-state index < -0.39 is 0 Å². The number of aromatic nitrogens is 2. The summed E-state index contributed by atoms with van der Waals surface area (Å²) in [5.74, 6) is 1.33. The zero-order valence-corrected chi connectivity index (χ0v) is 13.0. The van der Waals surface area contributed by atoms with Crippen LogP contribution in [-0.4, -0.2) is 53.2 Å². The van der Waals surface area contributed by atoms with E-state index in [9.17, 15) is 0 Å². The van der Waals surface area contributed by atoms with E-state index in [1.807, 2.05) is 13.8 Å². The molecule has 21 heavy (non-hydrogen) atoms. The smallest absolute Gasteiger partial charge is 0.242 e. The molecule has 0 aliphatic carbocycles. The summed E-state index contributed by atoms with van der Waals surface area (Å²) >= 11 is 0. The van der Waals surface area contributed by atoms with Gasteiger partial charge in [0.25, 0.3) is 0 Å². The van der Waals surface area contributed by atoms with E-state index in [1.165, 1.54) is 25.9 Å². The minimum Gasteiger partial charge on any atom is -0.473 e. The van der Waals surface area contributed by atoms with Gasteiger partial charge in [0, 0.05) is 25.7 Å². The monoisotopic (exact) mass is 291 g/mol. The van der Waals surface area contributed by atoms with Gasteiger partial charge in [0.05, 0.1) is 6.10 Å². The van der Waals surface area contributed by atoms with Crippen molar-refractivity contribution in [3.05, 3.63) is 6.33 Å². The molecule has 3 heterocycles. The number of rotatable bonds is 3. The van der Waals surface area contributed by atoms with Crippen LogP contribution in [0.1, 0.15) is 33.1 Å². The van der Waals surface area contributed by atoms with Crippen molar-refractivity contribution < 1.29 is 4.74 Å². The van der Waals surface area contributed by atoms with Gasteiger partial charge in [-0.2, -0.15) is 4.98 Å². The van der Waals surface area contributed by atoms with Gasteiger partial charge in [0.15, 0.2) is 5.82 Å². The molecular formula is C15H25N5O. The van der Waals surface area contributed by atoms with Gasteiger partial charge < -0.3 is 15.4 Å². The molecule has 116 valence electrons. The molecule has 0 saturated carbocycles. The van der Waals surface area contributed by atoms with Crippen molar-refractivity contribution in [1.82, 2.24) is 14.9 Å². The van der Waals surface area contributed by atoms with Crippen LogP contribution in [0.15, 0.2) is 6.33 Å². The minimum absolute atomic E-state index is 0.0597. The fourth-order valence-electron chi connectivity index (χ4n) is 3.34. The fraction of sp³-hybridized carbons (Fsp3) is 0.733. The Morgan fingerprint density at radius 2 is 2.05 bits per heavy atom. The number of nitrogens with two attached hydrogens (primary N) is 1. The first kappa shape index (κ1) is 14.4. The number of hydrogen-bond acceptors (Lipinski definition) is 6. The third-order valence-electron chi connectivity index (χ3n) is 4.28. The van der Waals surface area contributed by atoms with Crippen LogP contribution in [-0.2, 0) is 0 Å². The minimum atomic E-state index is 0.0597. The number of hydrogen-bond donors (Lipinski definition) is 1. The van der Waals surface area contributed by atoms with Gasteiger partial charge in [0.2, 0.25) is 5.88 Å². The second kappa shape index (κ2) is 6.05. The highest BCUT2D eigenvalue weighted by atomic mass is 16.5. The molecule has 6 nitrogen and oxygen atoms in total. The van der Waals surface area contributed by atoms with E-state index in [1.54, 1.807) is 6.33 Å². The molecule has 0 radical (unpaired) electrons. The van der Waals surface area contributed by atoms with Crippen LogP contribution in [0.3, 0.4) is 0 Å². The standard InChI is InChI=1S/C15H25N5O/c1-11(2)21-15-13(16)14(17-10-18-15)20-8-4-7-19-6-3-5-12(19)9-20/h10-12H,3-9,16H2,1-2H3. The highest BCUT2D eigenvalue weighted by Crippen LogP contribution is 2.31. The van der Waals surface area contributed by atoms with Gasteiger partial charge in [-0.15, -0.1) is 0 Å². The highest BCUT2D eigenvalue weighted by Gasteiger charge is 2.30. The maximum atomic E-state index is 6.25. The van der Waals surface area contributed by atoms with Crippen LogP contribution in [0.4, 0.5) is 11.5 Å². The fourth-order valence-corrected chi connectivity index (χ4v) is 3.34. The molecule has 2 N–H and O–H groups in total. The maximum Gasteiger partial charge on any atom is 0.242 e. The third-order valence-corrected chi connectivity index (χ3v) is 4.28. The molecule has 0 spiro atoms. The van der Waals surface area contributed by atoms with Gasteiger partial charge >= 0.3 is 0 Å². The van der Waals surface area contributed by atoms with Crippen LogP contribution >= 0.6 is 0 Å². The summed E-state index contributed by atoms with van der Waals surface area (Å²) in [7, 11) is 0. The third kappa shape index (κ3) is 3.05. The number of anilines is 2. The van der Waals surface area contributed by atoms with Crippen LogP contribution in [0, 0.1) is 0 Å². The van der Waals surface area contributed by atoms with Gasteiger partial charge in [0.1, 0.15) is 12.0 Å². The number of nitrogen functional groups attached to an aromatic ring is 1. The molecule has 3 rings (SSSR count). The average molecular weight is 291 g/mol. The van der Waals surface area contributed by atoms with Crippen LogP contribution < -0.4 is 15.4 Å². The Morgan fingerprint density at radius 3 is 2.86 bits per heavy atom. The van der Waals surface area contributed by atoms with Crippen LogP contribution in [0.25, 0.3) is 0 Å². The lowest BCUT2D eigenvalue weighted by atomic mass is 10.2. The second-order valence-electron chi connectivity index (χ2n) is 6.21. The highest BCUT2D eigenvalue weighted by molar-refractivity contribution is 5.67. The van der Waals surface area contributed by atoms with E-state index in [4.69, 9.17) is 10.5 Å². The Balaban J connectivity index is 1.82. The molecule has 2 aliphatic rings. The van der Waals surface area contributed by atoms with Crippen molar-refractivity contribution >= 4 is 11.5 Å². The predicted octanol–water partition coefficient (Wildman–Crippen LogP) is 1.52. The Morgan fingerprint density at radius 1 is 1.24 bits per heavy atom. The van der Waals surface area contributed by atoms with E-state index in [0.29, 0.717) is 17.6 Å². The van der Waals surface area contributed by atoms with Crippen molar-refractivity contribution in [2.45, 2.75) is 45.3 Å². The van der Waals surface area contributed by atoms with Crippen molar-refractivity contribution in [3.63, 3.8) is 0 Å². The topological polar surface area (TPSA) is 67.5 Å². The number of ether oxygens (including phenoxy) is 1. The maximum absolute atomic E-state index is 6.25. The molecule has 2 fully saturated rings.